The van der Waals surface area contributed by atoms with Gasteiger partial charge in [0.15, 0.2) is 46.3 Å². The molecule has 4 aromatic carbocycles. The number of ether oxygens (including phenoxy) is 8. The Labute approximate surface area is 369 Å². The lowest BCUT2D eigenvalue weighted by Crippen LogP contribution is -2.07. The summed E-state index contributed by atoms with van der Waals surface area (Å²) < 4.78 is 51.5. The quantitative estimate of drug-likeness (QED) is 0.0935. The van der Waals surface area contributed by atoms with Crippen LogP contribution >= 0.6 is 0 Å². The predicted octanol–water partition coefficient (Wildman–Crippen LogP) is 10.1. The Kier molecular flexibility index (Phi) is 11.7. The van der Waals surface area contributed by atoms with E-state index in [1.165, 1.54) is 0 Å². The summed E-state index contributed by atoms with van der Waals surface area (Å²) in [6.45, 7) is 17.7. The molecule has 16 heteroatoms. The predicted molar refractivity (Wildman–Crippen MR) is 245 cm³/mol. The Bertz CT molecular complexity index is 3090. The van der Waals surface area contributed by atoms with E-state index in [0.29, 0.717) is 161 Å². The number of fused-ring (bicyclic) bond motifs is 20. The normalized spacial score (nSPS) is 11.6. The van der Waals surface area contributed by atoms with Crippen LogP contribution in [0.3, 0.4) is 0 Å². The summed E-state index contributed by atoms with van der Waals surface area (Å²) >= 11 is 0. The van der Waals surface area contributed by atoms with Gasteiger partial charge in [-0.3, -0.25) is 0 Å². The summed E-state index contributed by atoms with van der Waals surface area (Å²) in [5.74, 6) is 4.46. The van der Waals surface area contributed by atoms with Gasteiger partial charge in [0.2, 0.25) is 23.0 Å². The number of hydrogen-bond acceptors (Lipinski definition) is 14. The minimum absolute atomic E-state index is 0.246. The van der Waals surface area contributed by atoms with E-state index in [0.717, 1.165) is 21.9 Å². The molecule has 330 valence electrons. The number of aromatic amines is 2. The van der Waals surface area contributed by atoms with Gasteiger partial charge in [0.1, 0.15) is 22.6 Å². The van der Waals surface area contributed by atoms with Gasteiger partial charge in [-0.05, 0) is 55.4 Å². The fourth-order valence-electron chi connectivity index (χ4n) is 8.22. The SMILES string of the molecule is CCOc1c(OCC)c(OCC)c2c(c1OCC)-c1nc-2nc2[nH]c(nc3nc(nc4[nH]c(n1)c1ccccc41)-c1ccccc1-3)c1c(OCC)c(OCC)c(OCC)c(OCC)c21. The van der Waals surface area contributed by atoms with Gasteiger partial charge >= 0.3 is 0 Å². The lowest BCUT2D eigenvalue weighted by atomic mass is 10.0. The molecule has 2 aliphatic rings. The molecule has 2 aliphatic heterocycles. The van der Waals surface area contributed by atoms with E-state index in [1.807, 2.05) is 104 Å². The Morgan fingerprint density at radius 1 is 0.328 bits per heavy atom. The summed E-state index contributed by atoms with van der Waals surface area (Å²) in [6, 6.07) is 15.8. The van der Waals surface area contributed by atoms with Crippen LogP contribution in [0.5, 0.6) is 46.0 Å². The van der Waals surface area contributed by atoms with E-state index in [1.54, 1.807) is 0 Å². The van der Waals surface area contributed by atoms with Crippen LogP contribution in [0.15, 0.2) is 48.5 Å². The number of nitrogens with zero attached hydrogens (tertiary/aromatic N) is 6. The first-order valence-corrected chi connectivity index (χ1v) is 21.9. The number of H-pyrrole nitrogens is 2. The van der Waals surface area contributed by atoms with Gasteiger partial charge in [-0.25, -0.2) is 29.9 Å². The van der Waals surface area contributed by atoms with Gasteiger partial charge < -0.3 is 47.9 Å². The van der Waals surface area contributed by atoms with E-state index in [9.17, 15) is 0 Å². The van der Waals surface area contributed by atoms with E-state index in [-0.39, 0.29) is 5.82 Å². The molecule has 9 rings (SSSR count). The fraction of sp³-hybridized carbons (Fsp3) is 0.333. The van der Waals surface area contributed by atoms with E-state index in [2.05, 4.69) is 9.97 Å². The number of nitrogens with one attached hydrogen (secondary N) is 2. The third-order valence-electron chi connectivity index (χ3n) is 10.5. The van der Waals surface area contributed by atoms with Crippen molar-refractivity contribution < 1.29 is 37.9 Å². The van der Waals surface area contributed by atoms with Crippen LogP contribution in [0, 0.1) is 0 Å². The molecule has 64 heavy (non-hydrogen) atoms. The second-order valence-electron chi connectivity index (χ2n) is 14.3. The first-order valence-electron chi connectivity index (χ1n) is 21.9. The molecule has 2 N–H and O–H groups in total. The van der Waals surface area contributed by atoms with Gasteiger partial charge in [0, 0.05) is 21.9 Å². The molecule has 0 aliphatic carbocycles. The highest BCUT2D eigenvalue weighted by Crippen LogP contribution is 2.59. The summed E-state index contributed by atoms with van der Waals surface area (Å²) in [6.07, 6.45) is 0. The Hall–Kier alpha value is -7.36. The maximum atomic E-state index is 6.52. The van der Waals surface area contributed by atoms with Crippen LogP contribution in [-0.4, -0.2) is 92.7 Å². The first kappa shape index (κ1) is 42.0. The lowest BCUT2D eigenvalue weighted by molar-refractivity contribution is 0.245. The minimum atomic E-state index is 0.246. The summed E-state index contributed by atoms with van der Waals surface area (Å²) in [4.78, 5) is 38.5. The smallest absolute Gasteiger partial charge is 0.208 e. The molecule has 0 unspecified atom stereocenters. The van der Waals surface area contributed by atoms with Crippen LogP contribution in [0.2, 0.25) is 0 Å². The van der Waals surface area contributed by atoms with Gasteiger partial charge in [0.25, 0.3) is 0 Å². The van der Waals surface area contributed by atoms with Crippen LogP contribution < -0.4 is 37.9 Å². The van der Waals surface area contributed by atoms with Crippen LogP contribution in [0.25, 0.3) is 89.7 Å². The topological polar surface area (TPSA) is 183 Å². The average molecular weight is 867 g/mol. The number of hydrogen-bond donors (Lipinski definition) is 2. The molecule has 16 nitrogen and oxygen atoms in total. The van der Waals surface area contributed by atoms with Crippen molar-refractivity contribution in [1.82, 2.24) is 39.9 Å². The standard InChI is InChI=1S/C48H50N8O8/c1-9-57-33-29-31(35(59-11-3)39(63-15-7)37(33)61-13-5)47-54-45(29)52-43-27-23-19-17-21-25(27)41(50-43)49-42-26-22-18-20-24-28(26)44(51-42)53-46-30-32(48(55-46)56-47)36(60-12-4)40(64-16-8)38(62-14-6)34(30)58-10-2/h17-24H,9-16H2,1-8H3,(H2,49,50,51,52,53,54,55,56). The Morgan fingerprint density at radius 3 is 1.05 bits per heavy atom. The second kappa shape index (κ2) is 17.8. The van der Waals surface area contributed by atoms with Crippen molar-refractivity contribution in [3.05, 3.63) is 48.5 Å². The highest BCUT2D eigenvalue weighted by molar-refractivity contribution is 6.14. The van der Waals surface area contributed by atoms with Crippen LogP contribution in [0.4, 0.5) is 0 Å². The third-order valence-corrected chi connectivity index (χ3v) is 10.5. The molecular formula is C48H50N8O8. The molecule has 0 spiro atoms. The molecule has 8 bridgehead atoms. The van der Waals surface area contributed by atoms with E-state index >= 15 is 0 Å². The highest BCUT2D eigenvalue weighted by Gasteiger charge is 2.37. The van der Waals surface area contributed by atoms with Gasteiger partial charge in [-0.1, -0.05) is 48.5 Å². The van der Waals surface area contributed by atoms with Crippen molar-refractivity contribution in [2.45, 2.75) is 55.4 Å². The van der Waals surface area contributed by atoms with Crippen molar-refractivity contribution >= 4 is 44.1 Å². The number of benzene rings is 4. The van der Waals surface area contributed by atoms with E-state index < -0.39 is 0 Å². The largest absolute Gasteiger partial charge is 0.489 e. The van der Waals surface area contributed by atoms with Crippen LogP contribution in [-0.2, 0) is 0 Å². The van der Waals surface area contributed by atoms with Gasteiger partial charge in [-0.2, -0.15) is 0 Å². The molecule has 0 saturated carbocycles. The number of aromatic nitrogens is 8. The highest BCUT2D eigenvalue weighted by atomic mass is 16.6. The lowest BCUT2D eigenvalue weighted by Gasteiger charge is -2.22. The molecule has 0 fully saturated rings. The Morgan fingerprint density at radius 2 is 0.625 bits per heavy atom. The maximum Gasteiger partial charge on any atom is 0.208 e. The van der Waals surface area contributed by atoms with Crippen molar-refractivity contribution in [2.75, 3.05) is 52.9 Å². The van der Waals surface area contributed by atoms with Gasteiger partial charge in [-0.15, -0.1) is 0 Å². The summed E-state index contributed by atoms with van der Waals surface area (Å²) in [5.41, 5.74) is 4.39. The van der Waals surface area contributed by atoms with Crippen molar-refractivity contribution in [3.8, 4) is 91.5 Å². The zero-order valence-corrected chi connectivity index (χ0v) is 37.2. The Balaban J connectivity index is 1.57. The second-order valence-corrected chi connectivity index (χ2v) is 14.3. The number of rotatable bonds is 16. The molecule has 0 amide bonds. The zero-order chi connectivity index (χ0) is 44.5. The maximum absolute atomic E-state index is 6.52. The van der Waals surface area contributed by atoms with Gasteiger partial charge in [0.05, 0.1) is 74.8 Å². The molecule has 7 aromatic rings. The molecule has 0 atom stereocenters. The third kappa shape index (κ3) is 6.93. The first-order chi connectivity index (χ1) is 31.4. The summed E-state index contributed by atoms with van der Waals surface area (Å²) in [5, 5.41) is 2.72. The molecule has 0 radical (unpaired) electrons. The summed E-state index contributed by atoms with van der Waals surface area (Å²) in [7, 11) is 0. The zero-order valence-electron chi connectivity index (χ0n) is 37.2. The van der Waals surface area contributed by atoms with Crippen molar-refractivity contribution in [2.24, 2.45) is 0 Å². The van der Waals surface area contributed by atoms with Crippen LogP contribution in [0.1, 0.15) is 55.4 Å². The minimum Gasteiger partial charge on any atom is -0.489 e. The monoisotopic (exact) mass is 866 g/mol. The van der Waals surface area contributed by atoms with E-state index in [4.69, 9.17) is 67.8 Å². The average Bonchev–Trinajstić information content (AvgIpc) is 4.04. The molecule has 5 heterocycles. The molecule has 0 saturated heterocycles. The fourth-order valence-corrected chi connectivity index (χ4v) is 8.22. The molecule has 3 aromatic heterocycles. The van der Waals surface area contributed by atoms with Crippen molar-refractivity contribution in [1.29, 1.82) is 0 Å². The van der Waals surface area contributed by atoms with Crippen molar-refractivity contribution in [3.63, 3.8) is 0 Å². The molecular weight excluding hydrogens is 817 g/mol.